The number of halogens is 1. The molecule has 0 saturated carbocycles. The predicted octanol–water partition coefficient (Wildman–Crippen LogP) is 2.65. The standard InChI is InChI=1S/C20H23ClN2O4/c1-15(20(26)27-21)22-19(25)17-10-7-9-16(14-17)8-3-2-4-11-18(24)23-12-5-6-13-23/h7,9-10,14-15H,2,4-6,11-13H2,1H3,(H,22,25)/t15-/m1/s1. The second-order valence-corrected chi connectivity index (χ2v) is 6.57. The van der Waals surface area contributed by atoms with Gasteiger partial charge in [-0.1, -0.05) is 17.9 Å². The number of amides is 2. The number of nitrogens with zero attached hydrogens (tertiary/aromatic N) is 1. The normalized spacial score (nSPS) is 14.1. The number of hydrogen-bond donors (Lipinski definition) is 1. The molecule has 0 aliphatic carbocycles. The number of likely N-dealkylation sites (tertiary alicyclic amines) is 1. The summed E-state index contributed by atoms with van der Waals surface area (Å²) in [5.74, 6) is 5.10. The average Bonchev–Trinajstić information content (AvgIpc) is 3.22. The van der Waals surface area contributed by atoms with E-state index in [0.29, 0.717) is 24.0 Å². The number of carbonyl (C=O) groups excluding carboxylic acids is 3. The van der Waals surface area contributed by atoms with Gasteiger partial charge in [-0.15, -0.1) is 0 Å². The van der Waals surface area contributed by atoms with Gasteiger partial charge in [-0.2, -0.15) is 0 Å². The molecule has 2 amide bonds. The third kappa shape index (κ3) is 6.61. The van der Waals surface area contributed by atoms with Gasteiger partial charge in [0.2, 0.25) is 5.91 Å². The molecule has 1 fully saturated rings. The van der Waals surface area contributed by atoms with Crippen molar-refractivity contribution < 1.29 is 18.7 Å². The molecule has 1 aliphatic rings. The first kappa shape index (κ1) is 20.8. The molecule has 27 heavy (non-hydrogen) atoms. The molecule has 1 aromatic carbocycles. The minimum absolute atomic E-state index is 0.206. The molecule has 0 aromatic heterocycles. The Morgan fingerprint density at radius 1 is 1.30 bits per heavy atom. The zero-order chi connectivity index (χ0) is 19.6. The summed E-state index contributed by atoms with van der Waals surface area (Å²) in [6, 6.07) is 5.96. The van der Waals surface area contributed by atoms with Crippen molar-refractivity contribution in [2.24, 2.45) is 0 Å². The molecule has 2 rings (SSSR count). The lowest BCUT2D eigenvalue weighted by Gasteiger charge is -2.14. The molecule has 0 bridgehead atoms. The molecule has 6 nitrogen and oxygen atoms in total. The molecule has 1 aliphatic heterocycles. The average molecular weight is 391 g/mol. The third-order valence-corrected chi connectivity index (χ3v) is 4.44. The van der Waals surface area contributed by atoms with Gasteiger partial charge in [0.1, 0.15) is 17.9 Å². The molecule has 0 radical (unpaired) electrons. The van der Waals surface area contributed by atoms with Crippen molar-refractivity contribution in [2.45, 2.75) is 45.1 Å². The van der Waals surface area contributed by atoms with E-state index >= 15 is 0 Å². The van der Waals surface area contributed by atoms with Crippen LogP contribution in [0.4, 0.5) is 0 Å². The highest BCUT2D eigenvalue weighted by atomic mass is 35.5. The van der Waals surface area contributed by atoms with E-state index in [9.17, 15) is 14.4 Å². The second kappa shape index (κ2) is 10.6. The maximum Gasteiger partial charge on any atom is 0.346 e. The molecular formula is C20H23ClN2O4. The molecule has 1 atom stereocenters. The summed E-state index contributed by atoms with van der Waals surface area (Å²) >= 11 is 5.00. The first-order valence-corrected chi connectivity index (χ1v) is 9.32. The molecule has 1 heterocycles. The van der Waals surface area contributed by atoms with Gasteiger partial charge in [0.05, 0.1) is 0 Å². The fourth-order valence-corrected chi connectivity index (χ4v) is 2.89. The van der Waals surface area contributed by atoms with Crippen LogP contribution in [0.2, 0.25) is 0 Å². The number of carbonyl (C=O) groups is 3. The SMILES string of the molecule is C[C@@H](NC(=O)c1cccc(C#CCCCC(=O)N2CCCC2)c1)C(=O)OCl. The lowest BCUT2D eigenvalue weighted by atomic mass is 10.1. The minimum atomic E-state index is -0.849. The van der Waals surface area contributed by atoms with Crippen LogP contribution in [-0.2, 0) is 13.9 Å². The minimum Gasteiger partial charge on any atom is -0.345 e. The summed E-state index contributed by atoms with van der Waals surface area (Å²) in [6.45, 7) is 3.23. The molecular weight excluding hydrogens is 368 g/mol. The van der Waals surface area contributed by atoms with Crippen LogP contribution in [0.15, 0.2) is 24.3 Å². The van der Waals surface area contributed by atoms with Crippen molar-refractivity contribution in [1.29, 1.82) is 0 Å². The number of nitrogens with one attached hydrogen (secondary N) is 1. The Hall–Kier alpha value is -2.52. The molecule has 1 aromatic rings. The summed E-state index contributed by atoms with van der Waals surface area (Å²) in [4.78, 5) is 37.3. The van der Waals surface area contributed by atoms with E-state index in [1.165, 1.54) is 6.92 Å². The molecule has 1 N–H and O–H groups in total. The van der Waals surface area contributed by atoms with Gasteiger partial charge in [-0.05, 0) is 44.4 Å². The van der Waals surface area contributed by atoms with E-state index in [1.807, 2.05) is 4.90 Å². The first-order valence-electron chi connectivity index (χ1n) is 9.01. The highest BCUT2D eigenvalue weighted by Crippen LogP contribution is 2.10. The molecule has 7 heteroatoms. The number of hydrogen-bond acceptors (Lipinski definition) is 4. The van der Waals surface area contributed by atoms with E-state index < -0.39 is 17.9 Å². The van der Waals surface area contributed by atoms with Crippen LogP contribution in [0.5, 0.6) is 0 Å². The number of unbranched alkanes of at least 4 members (excludes halogenated alkanes) is 1. The summed E-state index contributed by atoms with van der Waals surface area (Å²) in [7, 11) is 0. The third-order valence-electron chi connectivity index (χ3n) is 4.29. The van der Waals surface area contributed by atoms with Crippen LogP contribution in [0.25, 0.3) is 0 Å². The van der Waals surface area contributed by atoms with Crippen molar-refractivity contribution in [1.82, 2.24) is 10.2 Å². The van der Waals surface area contributed by atoms with Gasteiger partial charge in [0.25, 0.3) is 5.91 Å². The van der Waals surface area contributed by atoms with Crippen LogP contribution in [0.1, 0.15) is 54.9 Å². The summed E-state index contributed by atoms with van der Waals surface area (Å²) < 4.78 is 4.07. The summed E-state index contributed by atoms with van der Waals surface area (Å²) in [5.41, 5.74) is 1.08. The summed E-state index contributed by atoms with van der Waals surface area (Å²) in [5, 5.41) is 2.50. The largest absolute Gasteiger partial charge is 0.346 e. The Bertz CT molecular complexity index is 748. The highest BCUT2D eigenvalue weighted by Gasteiger charge is 2.18. The molecule has 144 valence electrons. The van der Waals surface area contributed by atoms with Gasteiger partial charge in [-0.3, -0.25) is 9.59 Å². The fraction of sp³-hybridized carbons (Fsp3) is 0.450. The zero-order valence-corrected chi connectivity index (χ0v) is 16.1. The van der Waals surface area contributed by atoms with E-state index in [4.69, 9.17) is 11.9 Å². The Kier molecular flexibility index (Phi) is 8.15. The van der Waals surface area contributed by atoms with Gasteiger partial charge >= 0.3 is 5.97 Å². The van der Waals surface area contributed by atoms with E-state index in [0.717, 1.165) is 32.4 Å². The van der Waals surface area contributed by atoms with Gasteiger partial charge in [0.15, 0.2) is 0 Å². The number of rotatable bonds is 6. The molecule has 1 saturated heterocycles. The first-order chi connectivity index (χ1) is 13.0. The maximum atomic E-state index is 12.2. The van der Waals surface area contributed by atoms with Crippen molar-refractivity contribution >= 4 is 29.6 Å². The Morgan fingerprint density at radius 2 is 2.04 bits per heavy atom. The monoisotopic (exact) mass is 390 g/mol. The zero-order valence-electron chi connectivity index (χ0n) is 15.3. The maximum absolute atomic E-state index is 12.2. The van der Waals surface area contributed by atoms with E-state index in [2.05, 4.69) is 21.4 Å². The second-order valence-electron chi connectivity index (χ2n) is 6.42. The quantitative estimate of drug-likeness (QED) is 0.598. The Balaban J connectivity index is 1.83. The lowest BCUT2D eigenvalue weighted by molar-refractivity contribution is -0.135. The lowest BCUT2D eigenvalue weighted by Crippen LogP contribution is -2.38. The van der Waals surface area contributed by atoms with Crippen LogP contribution >= 0.6 is 11.9 Å². The van der Waals surface area contributed by atoms with Gasteiger partial charge in [-0.25, -0.2) is 4.79 Å². The van der Waals surface area contributed by atoms with E-state index in [-0.39, 0.29) is 5.91 Å². The predicted molar refractivity (Wildman–Crippen MR) is 102 cm³/mol. The van der Waals surface area contributed by atoms with Crippen molar-refractivity contribution in [3.63, 3.8) is 0 Å². The molecule has 0 spiro atoms. The van der Waals surface area contributed by atoms with E-state index in [1.54, 1.807) is 24.3 Å². The van der Waals surface area contributed by atoms with Crippen LogP contribution in [-0.4, -0.2) is 41.8 Å². The van der Waals surface area contributed by atoms with Crippen molar-refractivity contribution in [3.05, 3.63) is 35.4 Å². The van der Waals surface area contributed by atoms with Crippen LogP contribution < -0.4 is 5.32 Å². The molecule has 0 unspecified atom stereocenters. The van der Waals surface area contributed by atoms with Gasteiger partial charge in [0, 0.05) is 37.1 Å². The van der Waals surface area contributed by atoms with Crippen molar-refractivity contribution in [2.75, 3.05) is 13.1 Å². The highest BCUT2D eigenvalue weighted by molar-refractivity contribution is 6.14. The Labute approximate surface area is 164 Å². The van der Waals surface area contributed by atoms with Gasteiger partial charge < -0.3 is 14.5 Å². The smallest absolute Gasteiger partial charge is 0.345 e. The fourth-order valence-electron chi connectivity index (χ4n) is 2.76. The van der Waals surface area contributed by atoms with Crippen molar-refractivity contribution in [3.8, 4) is 11.8 Å². The summed E-state index contributed by atoms with van der Waals surface area (Å²) in [6.07, 6.45) is 4.06. The Morgan fingerprint density at radius 3 is 2.74 bits per heavy atom. The van der Waals surface area contributed by atoms with Crippen LogP contribution in [0, 0.1) is 11.8 Å². The topological polar surface area (TPSA) is 75.7 Å². The number of benzene rings is 1. The van der Waals surface area contributed by atoms with Crippen LogP contribution in [0.3, 0.4) is 0 Å².